The summed E-state index contributed by atoms with van der Waals surface area (Å²) in [5.41, 5.74) is 2.09. The van der Waals surface area contributed by atoms with E-state index in [2.05, 4.69) is 15.6 Å². The zero-order chi connectivity index (χ0) is 17.6. The van der Waals surface area contributed by atoms with Crippen LogP contribution in [0.2, 0.25) is 0 Å². The van der Waals surface area contributed by atoms with Crippen molar-refractivity contribution in [3.8, 4) is 11.6 Å². The van der Waals surface area contributed by atoms with Gasteiger partial charge in [0.05, 0.1) is 11.9 Å². The number of ether oxygens (including phenoxy) is 1. The van der Waals surface area contributed by atoms with E-state index in [9.17, 15) is 9.18 Å². The molecule has 3 rings (SSSR count). The third-order valence-corrected chi connectivity index (χ3v) is 3.31. The average molecular weight is 337 g/mol. The molecule has 0 aliphatic carbocycles. The first kappa shape index (κ1) is 16.4. The molecule has 25 heavy (non-hydrogen) atoms. The van der Waals surface area contributed by atoms with E-state index in [1.165, 1.54) is 30.5 Å². The number of nitrogens with zero attached hydrogens (tertiary/aromatic N) is 1. The number of amides is 2. The SMILES string of the molecule is Cc1cccc(Oc2ccc(NC(=O)Nc3ccc(F)cc3)cn2)c1. The maximum Gasteiger partial charge on any atom is 0.323 e. The molecule has 2 N–H and O–H groups in total. The Balaban J connectivity index is 1.58. The van der Waals surface area contributed by atoms with Crippen LogP contribution in [-0.2, 0) is 0 Å². The summed E-state index contributed by atoms with van der Waals surface area (Å²) in [5.74, 6) is 0.761. The first-order chi connectivity index (χ1) is 12.1. The smallest absolute Gasteiger partial charge is 0.323 e. The Labute approximate surface area is 144 Å². The number of hydrogen-bond acceptors (Lipinski definition) is 3. The highest BCUT2D eigenvalue weighted by Crippen LogP contribution is 2.21. The average Bonchev–Trinajstić information content (AvgIpc) is 2.59. The number of carbonyl (C=O) groups excluding carboxylic acids is 1. The second-order valence-electron chi connectivity index (χ2n) is 5.39. The molecule has 2 aromatic carbocycles. The van der Waals surface area contributed by atoms with Gasteiger partial charge in [0.25, 0.3) is 0 Å². The van der Waals surface area contributed by atoms with E-state index in [0.29, 0.717) is 23.0 Å². The Kier molecular flexibility index (Phi) is 4.89. The molecule has 2 amide bonds. The minimum absolute atomic E-state index is 0.362. The second kappa shape index (κ2) is 7.44. The van der Waals surface area contributed by atoms with Crippen LogP contribution < -0.4 is 15.4 Å². The molecule has 0 saturated heterocycles. The van der Waals surface area contributed by atoms with Crippen LogP contribution in [0.15, 0.2) is 66.9 Å². The molecule has 5 nitrogen and oxygen atoms in total. The monoisotopic (exact) mass is 337 g/mol. The number of urea groups is 1. The molecule has 3 aromatic rings. The summed E-state index contributed by atoms with van der Waals surface area (Å²) >= 11 is 0. The van der Waals surface area contributed by atoms with Gasteiger partial charge in [-0.05, 0) is 55.0 Å². The van der Waals surface area contributed by atoms with Gasteiger partial charge in [0.1, 0.15) is 11.6 Å². The fourth-order valence-corrected chi connectivity index (χ4v) is 2.14. The summed E-state index contributed by atoms with van der Waals surface area (Å²) in [4.78, 5) is 16.1. The molecular weight excluding hydrogens is 321 g/mol. The molecule has 0 aliphatic heterocycles. The number of rotatable bonds is 4. The van der Waals surface area contributed by atoms with E-state index in [0.717, 1.165) is 5.56 Å². The van der Waals surface area contributed by atoms with E-state index in [4.69, 9.17) is 4.74 Å². The van der Waals surface area contributed by atoms with E-state index < -0.39 is 6.03 Å². The van der Waals surface area contributed by atoms with Crippen LogP contribution in [-0.4, -0.2) is 11.0 Å². The second-order valence-corrected chi connectivity index (χ2v) is 5.39. The summed E-state index contributed by atoms with van der Waals surface area (Å²) in [5, 5.41) is 5.25. The van der Waals surface area contributed by atoms with Crippen molar-refractivity contribution in [2.24, 2.45) is 0 Å². The fraction of sp³-hybridized carbons (Fsp3) is 0.0526. The quantitative estimate of drug-likeness (QED) is 0.707. The van der Waals surface area contributed by atoms with Crippen molar-refractivity contribution >= 4 is 17.4 Å². The third-order valence-electron chi connectivity index (χ3n) is 3.31. The number of pyridine rings is 1. The van der Waals surface area contributed by atoms with Crippen LogP contribution in [0.25, 0.3) is 0 Å². The van der Waals surface area contributed by atoms with Crippen LogP contribution in [0.4, 0.5) is 20.6 Å². The van der Waals surface area contributed by atoms with Gasteiger partial charge >= 0.3 is 6.03 Å². The zero-order valence-electron chi connectivity index (χ0n) is 13.5. The number of halogens is 1. The van der Waals surface area contributed by atoms with E-state index in [1.807, 2.05) is 31.2 Å². The Morgan fingerprint density at radius 1 is 1.00 bits per heavy atom. The molecule has 0 fully saturated rings. The van der Waals surface area contributed by atoms with Crippen molar-refractivity contribution in [3.63, 3.8) is 0 Å². The lowest BCUT2D eigenvalue weighted by Gasteiger charge is -2.09. The highest BCUT2D eigenvalue weighted by molar-refractivity contribution is 5.99. The number of benzene rings is 2. The molecule has 0 unspecified atom stereocenters. The zero-order valence-corrected chi connectivity index (χ0v) is 13.5. The molecule has 0 aliphatic rings. The topological polar surface area (TPSA) is 63.2 Å². The van der Waals surface area contributed by atoms with Gasteiger partial charge in [-0.2, -0.15) is 0 Å². The lowest BCUT2D eigenvalue weighted by atomic mass is 10.2. The predicted molar refractivity (Wildman–Crippen MR) is 94.5 cm³/mol. The predicted octanol–water partition coefficient (Wildman–Crippen LogP) is 4.97. The van der Waals surface area contributed by atoms with Crippen molar-refractivity contribution < 1.29 is 13.9 Å². The van der Waals surface area contributed by atoms with E-state index >= 15 is 0 Å². The van der Waals surface area contributed by atoms with Crippen LogP contribution in [0, 0.1) is 12.7 Å². The molecule has 1 heterocycles. The highest BCUT2D eigenvalue weighted by Gasteiger charge is 2.04. The van der Waals surface area contributed by atoms with Gasteiger partial charge < -0.3 is 15.4 Å². The van der Waals surface area contributed by atoms with E-state index in [-0.39, 0.29) is 5.82 Å². The van der Waals surface area contributed by atoms with Crippen LogP contribution in [0.3, 0.4) is 0 Å². The van der Waals surface area contributed by atoms with Gasteiger partial charge in [0.2, 0.25) is 5.88 Å². The number of hydrogen-bond donors (Lipinski definition) is 2. The molecule has 0 radical (unpaired) electrons. The molecule has 0 spiro atoms. The number of aryl methyl sites for hydroxylation is 1. The van der Waals surface area contributed by atoms with Crippen molar-refractivity contribution in [1.82, 2.24) is 4.98 Å². The van der Waals surface area contributed by atoms with Crippen LogP contribution in [0.1, 0.15) is 5.56 Å². The number of aromatic nitrogens is 1. The summed E-state index contributed by atoms with van der Waals surface area (Å²) < 4.78 is 18.5. The lowest BCUT2D eigenvalue weighted by Crippen LogP contribution is -2.19. The normalized spacial score (nSPS) is 10.2. The third kappa shape index (κ3) is 4.78. The first-order valence-corrected chi connectivity index (χ1v) is 7.63. The van der Waals surface area contributed by atoms with Gasteiger partial charge in [0, 0.05) is 11.8 Å². The molecule has 126 valence electrons. The van der Waals surface area contributed by atoms with Crippen LogP contribution in [0.5, 0.6) is 11.6 Å². The van der Waals surface area contributed by atoms with E-state index in [1.54, 1.807) is 12.1 Å². The first-order valence-electron chi connectivity index (χ1n) is 7.63. The number of carbonyl (C=O) groups is 1. The van der Waals surface area contributed by atoms with Gasteiger partial charge in [-0.15, -0.1) is 0 Å². The maximum absolute atomic E-state index is 12.8. The summed E-state index contributed by atoms with van der Waals surface area (Å²) in [6, 6.07) is 16.0. The fourth-order valence-electron chi connectivity index (χ4n) is 2.14. The lowest BCUT2D eigenvalue weighted by molar-refractivity contribution is 0.262. The number of nitrogens with one attached hydrogen (secondary N) is 2. The van der Waals surface area contributed by atoms with Crippen molar-refractivity contribution in [3.05, 3.63) is 78.2 Å². The standard InChI is InChI=1S/C19H16FN3O2/c1-13-3-2-4-17(11-13)25-18-10-9-16(12-21-18)23-19(24)22-15-7-5-14(20)6-8-15/h2-12H,1H3,(H2,22,23,24). The molecule has 0 saturated carbocycles. The van der Waals surface area contributed by atoms with Gasteiger partial charge in [-0.25, -0.2) is 14.2 Å². The van der Waals surface area contributed by atoms with Crippen LogP contribution >= 0.6 is 0 Å². The maximum atomic E-state index is 12.8. The minimum Gasteiger partial charge on any atom is -0.439 e. The van der Waals surface area contributed by atoms with Crippen molar-refractivity contribution in [2.45, 2.75) is 6.92 Å². The van der Waals surface area contributed by atoms with Gasteiger partial charge in [0.15, 0.2) is 0 Å². The minimum atomic E-state index is -0.444. The molecule has 6 heteroatoms. The van der Waals surface area contributed by atoms with Gasteiger partial charge in [-0.1, -0.05) is 12.1 Å². The molecule has 0 atom stereocenters. The van der Waals surface area contributed by atoms with Gasteiger partial charge in [-0.3, -0.25) is 0 Å². The summed E-state index contributed by atoms with van der Waals surface area (Å²) in [6.07, 6.45) is 1.50. The molecular formula is C19H16FN3O2. The summed E-state index contributed by atoms with van der Waals surface area (Å²) in [6.45, 7) is 1.98. The highest BCUT2D eigenvalue weighted by atomic mass is 19.1. The van der Waals surface area contributed by atoms with Crippen molar-refractivity contribution in [2.75, 3.05) is 10.6 Å². The largest absolute Gasteiger partial charge is 0.439 e. The summed E-state index contributed by atoms with van der Waals surface area (Å²) in [7, 11) is 0. The Morgan fingerprint density at radius 3 is 2.40 bits per heavy atom. The Hall–Kier alpha value is -3.41. The molecule has 1 aromatic heterocycles. The number of anilines is 2. The Bertz CT molecular complexity index is 865. The molecule has 0 bridgehead atoms. The Morgan fingerprint density at radius 2 is 1.72 bits per heavy atom. The van der Waals surface area contributed by atoms with Crippen molar-refractivity contribution in [1.29, 1.82) is 0 Å².